The van der Waals surface area contributed by atoms with Gasteiger partial charge < -0.3 is 14.2 Å². The molecule has 2 saturated carbocycles. The molecule has 2 aliphatic rings. The van der Waals surface area contributed by atoms with Gasteiger partial charge in [0.15, 0.2) is 5.85 Å². The fourth-order valence-corrected chi connectivity index (χ4v) is 7.99. The molecule has 0 aliphatic heterocycles. The summed E-state index contributed by atoms with van der Waals surface area (Å²) >= 11 is 6.07. The zero-order valence-corrected chi connectivity index (χ0v) is 22.9. The van der Waals surface area contributed by atoms with E-state index in [-0.39, 0.29) is 12.2 Å². The number of benzene rings is 1. The minimum Gasteiger partial charge on any atom is -0.376 e. The minimum atomic E-state index is -3.88. The summed E-state index contributed by atoms with van der Waals surface area (Å²) in [6.45, 7) is 13.3. The van der Waals surface area contributed by atoms with Gasteiger partial charge in [-0.25, -0.2) is 0 Å². The Morgan fingerprint density at radius 2 is 1.27 bits per heavy atom. The van der Waals surface area contributed by atoms with Crippen LogP contribution in [0.15, 0.2) is 24.3 Å². The largest absolute Gasteiger partial charge is 0.376 e. The zero-order valence-electron chi connectivity index (χ0n) is 21.2. The molecular weight excluding hydrogens is 455 g/mol. The summed E-state index contributed by atoms with van der Waals surface area (Å²) in [6.07, 6.45) is 5.74. The highest BCUT2D eigenvalue weighted by Gasteiger charge is 2.46. The first-order valence-corrected chi connectivity index (χ1v) is 14.9. The lowest BCUT2D eigenvalue weighted by Crippen LogP contribution is -2.37. The molecule has 0 bridgehead atoms. The van der Waals surface area contributed by atoms with Gasteiger partial charge in [-0.15, -0.1) is 0 Å². The van der Waals surface area contributed by atoms with Crippen LogP contribution in [0.3, 0.4) is 0 Å². The van der Waals surface area contributed by atoms with Gasteiger partial charge in [0.2, 0.25) is 0 Å². The van der Waals surface area contributed by atoms with Crippen molar-refractivity contribution >= 4 is 19.2 Å². The summed E-state index contributed by atoms with van der Waals surface area (Å²) in [6, 6.07) is 6.87. The summed E-state index contributed by atoms with van der Waals surface area (Å²) in [5.41, 5.74) is 0.526. The molecule has 6 heteroatoms. The molecule has 1 unspecified atom stereocenters. The third-order valence-electron chi connectivity index (χ3n) is 7.95. The van der Waals surface area contributed by atoms with Gasteiger partial charge >= 0.3 is 7.60 Å². The quantitative estimate of drug-likeness (QED) is 0.365. The molecule has 0 aromatic heterocycles. The highest BCUT2D eigenvalue weighted by atomic mass is 35.5. The van der Waals surface area contributed by atoms with Crippen molar-refractivity contribution in [3.8, 4) is 0 Å². The molecule has 1 aromatic rings. The zero-order chi connectivity index (χ0) is 24.3. The van der Waals surface area contributed by atoms with Crippen LogP contribution in [-0.4, -0.2) is 17.3 Å². The van der Waals surface area contributed by atoms with Crippen LogP contribution in [0.4, 0.5) is 0 Å². The van der Waals surface area contributed by atoms with Gasteiger partial charge in [0, 0.05) is 5.02 Å². The third kappa shape index (κ3) is 6.85. The SMILES string of the molecule is CC(C)[C@H]1CC[C@H](C)C[C@H]1OP(=O)(O[C@@H]1C[C@@H](C)CC[C@H]1C(C)C)[C@H](O)c1ccc(Cl)cc1. The molecule has 188 valence electrons. The summed E-state index contributed by atoms with van der Waals surface area (Å²) in [4.78, 5) is 0. The first kappa shape index (κ1) is 27.2. The second-order valence-electron chi connectivity index (χ2n) is 11.4. The van der Waals surface area contributed by atoms with Gasteiger partial charge in [-0.1, -0.05) is 78.1 Å². The van der Waals surface area contributed by atoms with Crippen molar-refractivity contribution in [3.63, 3.8) is 0 Å². The molecule has 0 radical (unpaired) electrons. The highest BCUT2D eigenvalue weighted by molar-refractivity contribution is 7.54. The Labute approximate surface area is 206 Å². The second kappa shape index (κ2) is 11.6. The molecular formula is C27H44ClO4P. The molecule has 33 heavy (non-hydrogen) atoms. The molecule has 1 aromatic carbocycles. The Hall–Kier alpha value is -0.380. The van der Waals surface area contributed by atoms with Crippen LogP contribution in [-0.2, 0) is 13.6 Å². The molecule has 3 rings (SSSR count). The number of halogens is 1. The smallest absolute Gasteiger partial charge is 0.363 e. The molecule has 1 N–H and O–H groups in total. The Balaban J connectivity index is 1.94. The van der Waals surface area contributed by atoms with E-state index in [0.29, 0.717) is 46.1 Å². The molecule has 8 atom stereocenters. The monoisotopic (exact) mass is 498 g/mol. The van der Waals surface area contributed by atoms with E-state index in [1.165, 1.54) is 0 Å². The van der Waals surface area contributed by atoms with Crippen molar-refractivity contribution in [1.82, 2.24) is 0 Å². The number of hydrogen-bond acceptors (Lipinski definition) is 4. The predicted octanol–water partition coefficient (Wildman–Crippen LogP) is 8.48. The van der Waals surface area contributed by atoms with Gasteiger partial charge in [-0.2, -0.15) is 0 Å². The van der Waals surface area contributed by atoms with E-state index in [1.807, 2.05) is 0 Å². The van der Waals surface area contributed by atoms with Crippen LogP contribution in [0.5, 0.6) is 0 Å². The third-order valence-corrected chi connectivity index (χ3v) is 10.2. The van der Waals surface area contributed by atoms with Crippen molar-refractivity contribution in [2.75, 3.05) is 0 Å². The van der Waals surface area contributed by atoms with E-state index < -0.39 is 13.4 Å². The molecule has 2 fully saturated rings. The summed E-state index contributed by atoms with van der Waals surface area (Å²) in [7, 11) is -3.88. The number of hydrogen-bond donors (Lipinski definition) is 1. The Bertz CT molecular complexity index is 758. The van der Waals surface area contributed by atoms with E-state index in [0.717, 1.165) is 38.5 Å². The fourth-order valence-electron chi connectivity index (χ4n) is 5.81. The highest BCUT2D eigenvalue weighted by Crippen LogP contribution is 2.64. The maximum atomic E-state index is 14.6. The summed E-state index contributed by atoms with van der Waals surface area (Å²) in [5, 5.41) is 12.0. The van der Waals surface area contributed by atoms with E-state index in [9.17, 15) is 9.67 Å². The van der Waals surface area contributed by atoms with E-state index in [2.05, 4.69) is 41.5 Å². The van der Waals surface area contributed by atoms with Gasteiger partial charge in [-0.3, -0.25) is 4.57 Å². The van der Waals surface area contributed by atoms with Gasteiger partial charge in [0.25, 0.3) is 0 Å². The van der Waals surface area contributed by atoms with Gasteiger partial charge in [0.05, 0.1) is 12.2 Å². The number of aliphatic hydroxyl groups excluding tert-OH is 1. The molecule has 0 spiro atoms. The van der Waals surface area contributed by atoms with E-state index in [4.69, 9.17) is 20.6 Å². The molecule has 0 heterocycles. The number of aliphatic hydroxyl groups is 1. The van der Waals surface area contributed by atoms with Crippen molar-refractivity contribution in [2.24, 2.45) is 35.5 Å². The van der Waals surface area contributed by atoms with E-state index >= 15 is 0 Å². The fraction of sp³-hybridized carbons (Fsp3) is 0.778. The van der Waals surface area contributed by atoms with Crippen molar-refractivity contribution in [2.45, 2.75) is 98.1 Å². The van der Waals surface area contributed by atoms with Crippen LogP contribution in [0.2, 0.25) is 5.02 Å². The normalized spacial score (nSPS) is 33.8. The van der Waals surface area contributed by atoms with Crippen molar-refractivity contribution in [3.05, 3.63) is 34.9 Å². The average molecular weight is 499 g/mol. The average Bonchev–Trinajstić information content (AvgIpc) is 2.73. The first-order chi connectivity index (χ1) is 15.5. The molecule has 2 aliphatic carbocycles. The van der Waals surface area contributed by atoms with Gasteiger partial charge in [-0.05, 0) is 78.9 Å². The topological polar surface area (TPSA) is 55.8 Å². The van der Waals surface area contributed by atoms with Crippen LogP contribution in [0.25, 0.3) is 0 Å². The maximum absolute atomic E-state index is 14.6. The summed E-state index contributed by atoms with van der Waals surface area (Å²) < 4.78 is 27.5. The number of rotatable bonds is 8. The van der Waals surface area contributed by atoms with Crippen LogP contribution in [0.1, 0.15) is 91.5 Å². The Morgan fingerprint density at radius 1 is 0.848 bits per heavy atom. The van der Waals surface area contributed by atoms with Crippen LogP contribution >= 0.6 is 19.2 Å². The lowest BCUT2D eigenvalue weighted by atomic mass is 9.75. The van der Waals surface area contributed by atoms with Crippen molar-refractivity contribution < 1.29 is 18.7 Å². The Kier molecular flexibility index (Phi) is 9.54. The van der Waals surface area contributed by atoms with Crippen LogP contribution < -0.4 is 0 Å². The standard InChI is InChI=1S/C27H44ClO4P/c1-17(2)23-13-7-19(5)15-25(23)31-33(30,27(29)21-9-11-22(28)12-10-21)32-26-16-20(6)8-14-24(26)18(3)4/h9-12,17-20,23-27,29H,7-8,13-16H2,1-6H3/t19-,20-,23-,24+,25+,26+,27-,33?/m0/s1. The summed E-state index contributed by atoms with van der Waals surface area (Å²) in [5.74, 6) is 1.13. The molecule has 0 saturated heterocycles. The predicted molar refractivity (Wildman–Crippen MR) is 136 cm³/mol. The van der Waals surface area contributed by atoms with Gasteiger partial charge in [0.1, 0.15) is 0 Å². The van der Waals surface area contributed by atoms with Crippen molar-refractivity contribution in [1.29, 1.82) is 0 Å². The molecule has 4 nitrogen and oxygen atoms in total. The van der Waals surface area contributed by atoms with E-state index in [1.54, 1.807) is 24.3 Å². The maximum Gasteiger partial charge on any atom is 0.363 e. The lowest BCUT2D eigenvalue weighted by molar-refractivity contribution is -0.0153. The van der Waals surface area contributed by atoms with Crippen LogP contribution in [0, 0.1) is 35.5 Å². The minimum absolute atomic E-state index is 0.181. The second-order valence-corrected chi connectivity index (χ2v) is 13.8. The lowest BCUT2D eigenvalue weighted by Gasteiger charge is -2.42. The Morgan fingerprint density at radius 3 is 1.67 bits per heavy atom. The molecule has 0 amide bonds. The first-order valence-electron chi connectivity index (χ1n) is 12.9.